The zero-order chi connectivity index (χ0) is 23.9. The summed E-state index contributed by atoms with van der Waals surface area (Å²) in [6.45, 7) is 8.65. The summed E-state index contributed by atoms with van der Waals surface area (Å²) in [7, 11) is 0. The Hall–Kier alpha value is -2.87. The van der Waals surface area contributed by atoms with E-state index < -0.39 is 5.60 Å². The SMILES string of the molecule is CCC(C)C1CCC(C(=O)OC(C)(C)c2ccc3c(ccc4c5ccccc5ccc34)c2)CC1. The second kappa shape index (κ2) is 9.06. The molecule has 1 atom stereocenters. The summed E-state index contributed by atoms with van der Waals surface area (Å²) in [5.41, 5.74) is 0.388. The predicted octanol–water partition coefficient (Wildman–Crippen LogP) is 8.78. The fraction of sp³-hybridized carbons (Fsp3) is 0.406. The minimum absolute atomic E-state index is 0.0299. The molecule has 0 amide bonds. The van der Waals surface area contributed by atoms with Crippen molar-refractivity contribution >= 4 is 38.3 Å². The molecule has 0 heterocycles. The van der Waals surface area contributed by atoms with Crippen molar-refractivity contribution < 1.29 is 9.53 Å². The van der Waals surface area contributed by atoms with Crippen LogP contribution in [0.5, 0.6) is 0 Å². The van der Waals surface area contributed by atoms with Gasteiger partial charge in [0.15, 0.2) is 0 Å². The number of hydrogen-bond acceptors (Lipinski definition) is 2. The van der Waals surface area contributed by atoms with Gasteiger partial charge in [-0.1, -0.05) is 80.9 Å². The molecule has 5 rings (SSSR count). The van der Waals surface area contributed by atoms with Crippen LogP contribution in [0.4, 0.5) is 0 Å². The molecule has 0 spiro atoms. The van der Waals surface area contributed by atoms with Crippen molar-refractivity contribution in [1.82, 2.24) is 0 Å². The number of esters is 1. The largest absolute Gasteiger partial charge is 0.455 e. The molecule has 1 fully saturated rings. The topological polar surface area (TPSA) is 26.3 Å². The second-order valence-electron chi connectivity index (χ2n) is 10.8. The first kappa shape index (κ1) is 22.9. The Kier molecular flexibility index (Phi) is 6.10. The van der Waals surface area contributed by atoms with Crippen molar-refractivity contribution in [2.75, 3.05) is 0 Å². The molecule has 4 aromatic carbocycles. The van der Waals surface area contributed by atoms with Gasteiger partial charge in [0, 0.05) is 0 Å². The van der Waals surface area contributed by atoms with Gasteiger partial charge in [-0.2, -0.15) is 0 Å². The lowest BCUT2D eigenvalue weighted by Crippen LogP contribution is -2.32. The van der Waals surface area contributed by atoms with Crippen molar-refractivity contribution in [2.45, 2.75) is 65.4 Å². The van der Waals surface area contributed by atoms with Gasteiger partial charge < -0.3 is 4.74 Å². The number of benzene rings is 4. The molecule has 2 nitrogen and oxygen atoms in total. The molecule has 1 aliphatic carbocycles. The number of carbonyl (C=O) groups is 1. The lowest BCUT2D eigenvalue weighted by atomic mass is 9.75. The van der Waals surface area contributed by atoms with Crippen molar-refractivity contribution in [3.8, 4) is 0 Å². The van der Waals surface area contributed by atoms with E-state index in [1.54, 1.807) is 0 Å². The minimum atomic E-state index is -0.656. The molecule has 1 aliphatic rings. The molecule has 0 bridgehead atoms. The lowest BCUT2D eigenvalue weighted by molar-refractivity contribution is -0.164. The molecule has 34 heavy (non-hydrogen) atoms. The molecule has 0 radical (unpaired) electrons. The Labute approximate surface area is 203 Å². The van der Waals surface area contributed by atoms with Crippen molar-refractivity contribution in [1.29, 1.82) is 0 Å². The Balaban J connectivity index is 1.38. The minimum Gasteiger partial charge on any atom is -0.455 e. The van der Waals surface area contributed by atoms with Crippen LogP contribution in [0.3, 0.4) is 0 Å². The summed E-state index contributed by atoms with van der Waals surface area (Å²) in [6.07, 6.45) is 5.43. The zero-order valence-electron chi connectivity index (χ0n) is 20.9. The number of ether oxygens (including phenoxy) is 1. The normalized spacial score (nSPS) is 20.0. The van der Waals surface area contributed by atoms with Crippen LogP contribution >= 0.6 is 0 Å². The summed E-state index contributed by atoms with van der Waals surface area (Å²) in [5.74, 6) is 1.52. The van der Waals surface area contributed by atoms with Crippen LogP contribution in [0.1, 0.15) is 65.4 Å². The average Bonchev–Trinajstić information content (AvgIpc) is 2.87. The summed E-state index contributed by atoms with van der Waals surface area (Å²) in [6, 6.07) is 23.9. The van der Waals surface area contributed by atoms with Gasteiger partial charge in [-0.25, -0.2) is 0 Å². The molecule has 4 aromatic rings. The van der Waals surface area contributed by atoms with Crippen LogP contribution in [0.2, 0.25) is 0 Å². The maximum absolute atomic E-state index is 13.1. The van der Waals surface area contributed by atoms with Crippen molar-refractivity contribution in [3.05, 3.63) is 72.3 Å². The van der Waals surface area contributed by atoms with Crippen LogP contribution < -0.4 is 0 Å². The molecular formula is C32H36O2. The first-order valence-corrected chi connectivity index (χ1v) is 12.9. The maximum atomic E-state index is 13.1. The van der Waals surface area contributed by atoms with Gasteiger partial charge in [-0.15, -0.1) is 0 Å². The van der Waals surface area contributed by atoms with E-state index in [1.807, 2.05) is 13.8 Å². The zero-order valence-corrected chi connectivity index (χ0v) is 20.9. The highest BCUT2D eigenvalue weighted by Gasteiger charge is 2.33. The van der Waals surface area contributed by atoms with Gasteiger partial charge >= 0.3 is 5.97 Å². The standard InChI is InChI=1S/C32H36O2/c1-5-21(2)22-10-12-24(13-11-22)31(33)34-32(3,4)26-16-19-28-25(20-26)15-18-29-27-9-7-6-8-23(27)14-17-30(28)29/h6-9,14-22,24H,5,10-13H2,1-4H3. The fourth-order valence-corrected chi connectivity index (χ4v) is 5.85. The van der Waals surface area contributed by atoms with Crippen LogP contribution in [-0.2, 0) is 15.1 Å². The van der Waals surface area contributed by atoms with Crippen LogP contribution in [0, 0.1) is 17.8 Å². The number of hydrogen-bond donors (Lipinski definition) is 0. The van der Waals surface area contributed by atoms with E-state index in [-0.39, 0.29) is 11.9 Å². The monoisotopic (exact) mass is 452 g/mol. The van der Waals surface area contributed by atoms with E-state index >= 15 is 0 Å². The number of carbonyl (C=O) groups excluding carboxylic acids is 1. The van der Waals surface area contributed by atoms with E-state index in [9.17, 15) is 4.79 Å². The first-order chi connectivity index (χ1) is 16.4. The second-order valence-corrected chi connectivity index (χ2v) is 10.8. The highest BCUT2D eigenvalue weighted by Crippen LogP contribution is 2.38. The molecule has 1 unspecified atom stereocenters. The van der Waals surface area contributed by atoms with Crippen LogP contribution in [0.15, 0.2) is 66.7 Å². The van der Waals surface area contributed by atoms with Crippen molar-refractivity contribution in [3.63, 3.8) is 0 Å². The van der Waals surface area contributed by atoms with Gasteiger partial charge in [0.05, 0.1) is 5.92 Å². The van der Waals surface area contributed by atoms with Crippen LogP contribution in [0.25, 0.3) is 32.3 Å². The smallest absolute Gasteiger partial charge is 0.309 e. The molecule has 0 aromatic heterocycles. The van der Waals surface area contributed by atoms with E-state index in [0.717, 1.165) is 43.1 Å². The molecular weight excluding hydrogens is 416 g/mol. The molecule has 0 aliphatic heterocycles. The third-order valence-electron chi connectivity index (χ3n) is 8.35. The molecule has 176 valence electrons. The van der Waals surface area contributed by atoms with Crippen molar-refractivity contribution in [2.24, 2.45) is 17.8 Å². The summed E-state index contributed by atoms with van der Waals surface area (Å²) in [5, 5.41) is 7.49. The van der Waals surface area contributed by atoms with Crippen LogP contribution in [-0.4, -0.2) is 5.97 Å². The summed E-state index contributed by atoms with van der Waals surface area (Å²) in [4.78, 5) is 13.1. The molecule has 0 N–H and O–H groups in total. The first-order valence-electron chi connectivity index (χ1n) is 12.9. The molecule has 1 saturated carbocycles. The van der Waals surface area contributed by atoms with E-state index in [1.165, 1.54) is 38.7 Å². The molecule has 2 heteroatoms. The fourth-order valence-electron chi connectivity index (χ4n) is 5.85. The van der Waals surface area contributed by atoms with Gasteiger partial charge in [0.25, 0.3) is 0 Å². The lowest BCUT2D eigenvalue weighted by Gasteiger charge is -2.33. The predicted molar refractivity (Wildman–Crippen MR) is 143 cm³/mol. The number of rotatable bonds is 5. The van der Waals surface area contributed by atoms with Gasteiger partial charge in [-0.05, 0) is 95.3 Å². The Morgan fingerprint density at radius 1 is 0.853 bits per heavy atom. The van der Waals surface area contributed by atoms with E-state index in [0.29, 0.717) is 0 Å². The van der Waals surface area contributed by atoms with E-state index in [4.69, 9.17) is 4.74 Å². The summed E-state index contributed by atoms with van der Waals surface area (Å²) >= 11 is 0. The van der Waals surface area contributed by atoms with Gasteiger partial charge in [-0.3, -0.25) is 4.79 Å². The highest BCUT2D eigenvalue weighted by atomic mass is 16.6. The third-order valence-corrected chi connectivity index (χ3v) is 8.35. The average molecular weight is 453 g/mol. The maximum Gasteiger partial charge on any atom is 0.309 e. The Morgan fingerprint density at radius 2 is 1.47 bits per heavy atom. The summed E-state index contributed by atoms with van der Waals surface area (Å²) < 4.78 is 6.14. The van der Waals surface area contributed by atoms with Gasteiger partial charge in [0.1, 0.15) is 5.60 Å². The third kappa shape index (κ3) is 4.19. The Morgan fingerprint density at radius 3 is 2.18 bits per heavy atom. The van der Waals surface area contributed by atoms with Gasteiger partial charge in [0.2, 0.25) is 0 Å². The Bertz CT molecular complexity index is 1340. The quantitative estimate of drug-likeness (QED) is 0.223. The van der Waals surface area contributed by atoms with E-state index in [2.05, 4.69) is 80.6 Å². The molecule has 0 saturated heterocycles. The number of fused-ring (bicyclic) bond motifs is 5. The highest BCUT2D eigenvalue weighted by molar-refractivity contribution is 6.17.